The summed E-state index contributed by atoms with van der Waals surface area (Å²) in [5.41, 5.74) is 0.612. The van der Waals surface area contributed by atoms with Crippen LogP contribution in [0.1, 0.15) is 18.4 Å². The molecule has 2 aliphatic heterocycles. The first-order valence-corrected chi connectivity index (χ1v) is 9.54. The van der Waals surface area contributed by atoms with Gasteiger partial charge in [0, 0.05) is 39.3 Å². The second kappa shape index (κ2) is 8.75. The topological polar surface area (TPSA) is 61.9 Å². The van der Waals surface area contributed by atoms with Gasteiger partial charge in [-0.3, -0.25) is 4.79 Å². The lowest BCUT2D eigenvalue weighted by Gasteiger charge is -2.21. The smallest absolute Gasteiger partial charge is 0.406 e. The number of urea groups is 1. The van der Waals surface area contributed by atoms with Crippen molar-refractivity contribution >= 4 is 18.0 Å². The maximum absolute atomic E-state index is 12.5. The maximum atomic E-state index is 12.5. The third kappa shape index (κ3) is 5.65. The van der Waals surface area contributed by atoms with Gasteiger partial charge in [0.15, 0.2) is 0 Å². The standard InChI is InChI=1S/C20H24F3N3O3/c1-24-19(28)26-12-15-8-10-25(11-9-16(15)13-26)18(27)7-4-14-2-5-17(6-3-14)29-20(21,22)23/h2-7,15-16H,8-13H2,1H3,(H,24,28)/b7-4+. The van der Waals surface area contributed by atoms with E-state index in [9.17, 15) is 22.8 Å². The Balaban J connectivity index is 1.52. The monoisotopic (exact) mass is 411 g/mol. The average Bonchev–Trinajstić information content (AvgIpc) is 2.98. The molecule has 3 rings (SSSR count). The fourth-order valence-corrected chi connectivity index (χ4v) is 3.95. The number of halogens is 3. The SMILES string of the molecule is CNC(=O)N1CC2CCN(C(=O)/C=C/c3ccc(OC(F)(F)F)cc3)CCC2C1. The van der Waals surface area contributed by atoms with Gasteiger partial charge in [0.05, 0.1) is 0 Å². The number of rotatable bonds is 3. The third-order valence-electron chi connectivity index (χ3n) is 5.46. The first kappa shape index (κ1) is 21.0. The van der Waals surface area contributed by atoms with Crippen molar-refractivity contribution in [1.82, 2.24) is 15.1 Å². The van der Waals surface area contributed by atoms with Gasteiger partial charge in [-0.15, -0.1) is 13.2 Å². The molecule has 2 fully saturated rings. The molecule has 2 aliphatic rings. The molecule has 1 aromatic rings. The van der Waals surface area contributed by atoms with E-state index < -0.39 is 6.36 Å². The minimum atomic E-state index is -4.73. The van der Waals surface area contributed by atoms with E-state index in [4.69, 9.17) is 0 Å². The molecule has 158 valence electrons. The predicted octanol–water partition coefficient (Wildman–Crippen LogP) is 3.11. The maximum Gasteiger partial charge on any atom is 0.573 e. The first-order chi connectivity index (χ1) is 13.7. The molecule has 0 saturated carbocycles. The molecule has 2 atom stereocenters. The summed E-state index contributed by atoms with van der Waals surface area (Å²) in [6.45, 7) is 2.69. The Morgan fingerprint density at radius 2 is 1.66 bits per heavy atom. The lowest BCUT2D eigenvalue weighted by molar-refractivity contribution is -0.274. The van der Waals surface area contributed by atoms with E-state index in [0.717, 1.165) is 12.8 Å². The number of hydrogen-bond acceptors (Lipinski definition) is 3. The van der Waals surface area contributed by atoms with Crippen molar-refractivity contribution in [2.45, 2.75) is 19.2 Å². The highest BCUT2D eigenvalue weighted by molar-refractivity contribution is 5.91. The van der Waals surface area contributed by atoms with Crippen LogP contribution in [0.3, 0.4) is 0 Å². The van der Waals surface area contributed by atoms with Crippen molar-refractivity contribution in [2.24, 2.45) is 11.8 Å². The number of fused-ring (bicyclic) bond motifs is 1. The summed E-state index contributed by atoms with van der Waals surface area (Å²) in [6.07, 6.45) is -0.00546. The van der Waals surface area contributed by atoms with Gasteiger partial charge >= 0.3 is 12.4 Å². The Kier molecular flexibility index (Phi) is 6.34. The summed E-state index contributed by atoms with van der Waals surface area (Å²) in [7, 11) is 1.63. The van der Waals surface area contributed by atoms with Crippen molar-refractivity contribution < 1.29 is 27.5 Å². The summed E-state index contributed by atoms with van der Waals surface area (Å²) in [5, 5.41) is 2.66. The molecule has 2 unspecified atom stereocenters. The highest BCUT2D eigenvalue weighted by atomic mass is 19.4. The van der Waals surface area contributed by atoms with Gasteiger partial charge in [0.25, 0.3) is 0 Å². The van der Waals surface area contributed by atoms with Crippen molar-refractivity contribution in [3.8, 4) is 5.75 Å². The van der Waals surface area contributed by atoms with Crippen molar-refractivity contribution in [1.29, 1.82) is 0 Å². The molecule has 1 aromatic carbocycles. The molecule has 1 N–H and O–H groups in total. The normalized spacial score (nSPS) is 22.3. The Hall–Kier alpha value is -2.71. The highest BCUT2D eigenvalue weighted by Gasteiger charge is 2.37. The number of carbonyl (C=O) groups excluding carboxylic acids is 2. The molecule has 2 saturated heterocycles. The number of nitrogens with one attached hydrogen (secondary N) is 1. The van der Waals surface area contributed by atoms with Crippen molar-refractivity contribution in [3.63, 3.8) is 0 Å². The highest BCUT2D eigenvalue weighted by Crippen LogP contribution is 2.32. The molecule has 0 bridgehead atoms. The van der Waals surface area contributed by atoms with Crippen LogP contribution >= 0.6 is 0 Å². The molecule has 0 aliphatic carbocycles. The van der Waals surface area contributed by atoms with Crippen molar-refractivity contribution in [2.75, 3.05) is 33.2 Å². The number of benzene rings is 1. The minimum Gasteiger partial charge on any atom is -0.406 e. The van der Waals surface area contributed by atoms with Gasteiger partial charge in [0.1, 0.15) is 5.75 Å². The zero-order valence-electron chi connectivity index (χ0n) is 16.1. The van der Waals surface area contributed by atoms with E-state index in [1.165, 1.54) is 30.3 Å². The Morgan fingerprint density at radius 3 is 2.17 bits per heavy atom. The molecular weight excluding hydrogens is 387 g/mol. The fraction of sp³-hybridized carbons (Fsp3) is 0.500. The zero-order valence-corrected chi connectivity index (χ0v) is 16.1. The van der Waals surface area contributed by atoms with Crippen LogP contribution in [-0.2, 0) is 4.79 Å². The Morgan fingerprint density at radius 1 is 1.07 bits per heavy atom. The molecule has 6 nitrogen and oxygen atoms in total. The van der Waals surface area contributed by atoms with Crippen LogP contribution in [0.2, 0.25) is 0 Å². The number of amides is 3. The van der Waals surface area contributed by atoms with Crippen LogP contribution in [-0.4, -0.2) is 61.3 Å². The second-order valence-corrected chi connectivity index (χ2v) is 7.33. The quantitative estimate of drug-likeness (QED) is 0.778. The average molecular weight is 411 g/mol. The number of hydrogen-bond donors (Lipinski definition) is 1. The fourth-order valence-electron chi connectivity index (χ4n) is 3.95. The molecule has 29 heavy (non-hydrogen) atoms. The molecule has 2 heterocycles. The molecule has 9 heteroatoms. The molecule has 0 radical (unpaired) electrons. The molecule has 3 amide bonds. The first-order valence-electron chi connectivity index (χ1n) is 9.54. The van der Waals surface area contributed by atoms with Crippen LogP contribution in [0, 0.1) is 11.8 Å². The van der Waals surface area contributed by atoms with Gasteiger partial charge in [-0.2, -0.15) is 0 Å². The van der Waals surface area contributed by atoms with Crippen LogP contribution in [0.15, 0.2) is 30.3 Å². The number of alkyl halides is 3. The predicted molar refractivity (Wildman–Crippen MR) is 101 cm³/mol. The van der Waals surface area contributed by atoms with Gasteiger partial charge in [-0.25, -0.2) is 4.79 Å². The summed E-state index contributed by atoms with van der Waals surface area (Å²) in [5.74, 6) is 0.375. The van der Waals surface area contributed by atoms with Gasteiger partial charge in [-0.1, -0.05) is 12.1 Å². The van der Waals surface area contributed by atoms with E-state index in [1.807, 2.05) is 4.90 Å². The summed E-state index contributed by atoms with van der Waals surface area (Å²) >= 11 is 0. The molecule has 0 aromatic heterocycles. The van der Waals surface area contributed by atoms with E-state index in [2.05, 4.69) is 10.1 Å². The Bertz CT molecular complexity index is 748. The largest absolute Gasteiger partial charge is 0.573 e. The summed E-state index contributed by atoms with van der Waals surface area (Å²) in [6, 6.07) is 5.29. The summed E-state index contributed by atoms with van der Waals surface area (Å²) < 4.78 is 40.4. The lowest BCUT2D eigenvalue weighted by Crippen LogP contribution is -2.37. The molecule has 0 spiro atoms. The Labute approximate surface area is 167 Å². The van der Waals surface area contributed by atoms with Gasteiger partial charge in [-0.05, 0) is 48.4 Å². The van der Waals surface area contributed by atoms with Crippen LogP contribution in [0.4, 0.5) is 18.0 Å². The molecular formula is C20H24F3N3O3. The van der Waals surface area contributed by atoms with Crippen LogP contribution < -0.4 is 10.1 Å². The number of likely N-dealkylation sites (tertiary alicyclic amines) is 2. The zero-order chi connectivity index (χ0) is 21.0. The minimum absolute atomic E-state index is 0.0550. The third-order valence-corrected chi connectivity index (χ3v) is 5.46. The van der Waals surface area contributed by atoms with Crippen LogP contribution in [0.25, 0.3) is 6.08 Å². The van der Waals surface area contributed by atoms with Gasteiger partial charge in [0.2, 0.25) is 5.91 Å². The second-order valence-electron chi connectivity index (χ2n) is 7.33. The van der Waals surface area contributed by atoms with Crippen LogP contribution in [0.5, 0.6) is 5.75 Å². The van der Waals surface area contributed by atoms with Gasteiger partial charge < -0.3 is 19.9 Å². The van der Waals surface area contributed by atoms with E-state index in [1.54, 1.807) is 18.0 Å². The number of ether oxygens (including phenoxy) is 1. The summed E-state index contributed by atoms with van der Waals surface area (Å²) in [4.78, 5) is 27.9. The number of nitrogens with zero attached hydrogens (tertiary/aromatic N) is 2. The van der Waals surface area contributed by atoms with Crippen molar-refractivity contribution in [3.05, 3.63) is 35.9 Å². The van der Waals surface area contributed by atoms with E-state index >= 15 is 0 Å². The van der Waals surface area contributed by atoms with E-state index in [-0.39, 0.29) is 17.7 Å². The lowest BCUT2D eigenvalue weighted by atomic mass is 9.92. The van der Waals surface area contributed by atoms with E-state index in [0.29, 0.717) is 43.6 Å². The number of carbonyl (C=O) groups is 2.